The van der Waals surface area contributed by atoms with Gasteiger partial charge in [0.2, 0.25) is 0 Å². The summed E-state index contributed by atoms with van der Waals surface area (Å²) in [7, 11) is 0. The molecule has 0 saturated carbocycles. The van der Waals surface area contributed by atoms with Crippen molar-refractivity contribution in [2.24, 2.45) is 0 Å². The molecule has 81 valence electrons. The molecule has 0 saturated heterocycles. The molecule has 1 atom stereocenters. The van der Waals surface area contributed by atoms with Crippen LogP contribution in [0.25, 0.3) is 0 Å². The van der Waals surface area contributed by atoms with Crippen LogP contribution in [0, 0.1) is 6.07 Å². The van der Waals surface area contributed by atoms with Crippen molar-refractivity contribution >= 4 is 0 Å². The van der Waals surface area contributed by atoms with E-state index in [1.54, 1.807) is 0 Å². The fourth-order valence-electron chi connectivity index (χ4n) is 1.92. The first kappa shape index (κ1) is 10.9. The second kappa shape index (κ2) is 5.50. The summed E-state index contributed by atoms with van der Waals surface area (Å²) in [4.78, 5) is 0. The minimum atomic E-state index is 0.630. The van der Waals surface area contributed by atoms with Crippen molar-refractivity contribution in [2.75, 3.05) is 0 Å². The van der Waals surface area contributed by atoms with Crippen LogP contribution in [0.3, 0.4) is 0 Å². The third kappa shape index (κ3) is 2.96. The van der Waals surface area contributed by atoms with Gasteiger partial charge in [-0.25, -0.2) is 0 Å². The van der Waals surface area contributed by atoms with Crippen LogP contribution in [-0.2, 0) is 6.42 Å². The van der Waals surface area contributed by atoms with E-state index in [0.717, 1.165) is 6.42 Å². The molecule has 0 heteroatoms. The van der Waals surface area contributed by atoms with Gasteiger partial charge in [0.1, 0.15) is 0 Å². The highest BCUT2D eigenvalue weighted by molar-refractivity contribution is 5.20. The van der Waals surface area contributed by atoms with E-state index in [2.05, 4.69) is 55.5 Å². The van der Waals surface area contributed by atoms with Crippen LogP contribution in [0.5, 0.6) is 0 Å². The van der Waals surface area contributed by atoms with E-state index in [-0.39, 0.29) is 0 Å². The van der Waals surface area contributed by atoms with Gasteiger partial charge in [0.25, 0.3) is 0 Å². The lowest BCUT2D eigenvalue weighted by Crippen LogP contribution is -1.95. The lowest BCUT2D eigenvalue weighted by Gasteiger charge is -2.11. The van der Waals surface area contributed by atoms with Gasteiger partial charge in [0.15, 0.2) is 0 Å². The standard InChI is InChI=1S/C16H17/c1-14(16-10-6-3-7-11-16)12-13-15-8-4-2-5-9-15/h3-11,14H,12-13H2,1H3. The fraction of sp³-hybridized carbons (Fsp3) is 0.250. The summed E-state index contributed by atoms with van der Waals surface area (Å²) < 4.78 is 0. The van der Waals surface area contributed by atoms with Gasteiger partial charge in [-0.05, 0) is 36.0 Å². The van der Waals surface area contributed by atoms with Crippen LogP contribution >= 0.6 is 0 Å². The number of benzene rings is 2. The third-order valence-electron chi connectivity index (χ3n) is 3.02. The van der Waals surface area contributed by atoms with Crippen molar-refractivity contribution in [3.8, 4) is 0 Å². The molecule has 0 aliphatic rings. The van der Waals surface area contributed by atoms with Gasteiger partial charge in [-0.2, -0.15) is 0 Å². The predicted octanol–water partition coefficient (Wildman–Crippen LogP) is 4.22. The minimum Gasteiger partial charge on any atom is -0.0622 e. The molecule has 0 N–H and O–H groups in total. The molecule has 0 spiro atoms. The Hall–Kier alpha value is -1.56. The molecule has 0 fully saturated rings. The second-order valence-corrected chi connectivity index (χ2v) is 4.26. The Morgan fingerprint density at radius 2 is 1.69 bits per heavy atom. The first-order valence-corrected chi connectivity index (χ1v) is 5.86. The molecule has 2 aromatic rings. The molecule has 0 aromatic heterocycles. The maximum atomic E-state index is 3.05. The van der Waals surface area contributed by atoms with Crippen molar-refractivity contribution in [1.29, 1.82) is 0 Å². The zero-order valence-corrected chi connectivity index (χ0v) is 9.69. The van der Waals surface area contributed by atoms with Gasteiger partial charge >= 0.3 is 0 Å². The fourth-order valence-corrected chi connectivity index (χ4v) is 1.92. The Morgan fingerprint density at radius 1 is 1.00 bits per heavy atom. The van der Waals surface area contributed by atoms with Crippen LogP contribution in [0.1, 0.15) is 30.4 Å². The molecule has 0 aliphatic heterocycles. The topological polar surface area (TPSA) is 0 Å². The number of rotatable bonds is 4. The maximum absolute atomic E-state index is 3.05. The lowest BCUT2D eigenvalue weighted by molar-refractivity contribution is 0.679. The Balaban J connectivity index is 1.92. The van der Waals surface area contributed by atoms with Gasteiger partial charge in [-0.15, -0.1) is 0 Å². The molecule has 0 heterocycles. The largest absolute Gasteiger partial charge is 0.0622 e. The van der Waals surface area contributed by atoms with E-state index in [1.807, 2.05) is 12.1 Å². The summed E-state index contributed by atoms with van der Waals surface area (Å²) in [6, 6.07) is 22.1. The van der Waals surface area contributed by atoms with Crippen molar-refractivity contribution in [2.45, 2.75) is 25.7 Å². The first-order chi connectivity index (χ1) is 7.86. The summed E-state index contributed by atoms with van der Waals surface area (Å²) in [5, 5.41) is 0. The minimum absolute atomic E-state index is 0.630. The first-order valence-electron chi connectivity index (χ1n) is 5.86. The molecule has 2 aromatic carbocycles. The molecule has 0 amide bonds. The second-order valence-electron chi connectivity index (χ2n) is 4.26. The molecule has 1 radical (unpaired) electrons. The number of aryl methyl sites for hydroxylation is 1. The van der Waals surface area contributed by atoms with Crippen LogP contribution in [0.15, 0.2) is 54.6 Å². The number of hydrogen-bond donors (Lipinski definition) is 0. The average Bonchev–Trinajstić information content (AvgIpc) is 2.38. The molecule has 1 unspecified atom stereocenters. The summed E-state index contributed by atoms with van der Waals surface area (Å²) in [6.45, 7) is 2.30. The van der Waals surface area contributed by atoms with E-state index >= 15 is 0 Å². The van der Waals surface area contributed by atoms with Crippen molar-refractivity contribution in [3.63, 3.8) is 0 Å². The van der Waals surface area contributed by atoms with Crippen LogP contribution in [0.2, 0.25) is 0 Å². The normalized spacial score (nSPS) is 12.3. The Bertz CT molecular complexity index is 403. The van der Waals surface area contributed by atoms with Crippen LogP contribution in [-0.4, -0.2) is 0 Å². The smallest absolute Gasteiger partial charge is 0.0184 e. The maximum Gasteiger partial charge on any atom is -0.0184 e. The van der Waals surface area contributed by atoms with E-state index < -0.39 is 0 Å². The van der Waals surface area contributed by atoms with Gasteiger partial charge in [-0.3, -0.25) is 0 Å². The summed E-state index contributed by atoms with van der Waals surface area (Å²) in [6.07, 6.45) is 2.35. The van der Waals surface area contributed by atoms with Crippen molar-refractivity contribution in [3.05, 3.63) is 71.8 Å². The van der Waals surface area contributed by atoms with E-state index in [9.17, 15) is 0 Å². The van der Waals surface area contributed by atoms with Crippen LogP contribution < -0.4 is 0 Å². The SMILES string of the molecule is CC(CCc1cc[c]cc1)c1ccccc1. The third-order valence-corrected chi connectivity index (χ3v) is 3.02. The average molecular weight is 209 g/mol. The monoisotopic (exact) mass is 209 g/mol. The predicted molar refractivity (Wildman–Crippen MR) is 68.5 cm³/mol. The molecule has 2 rings (SSSR count). The summed E-state index contributed by atoms with van der Waals surface area (Å²) in [5.41, 5.74) is 2.84. The molecule has 0 bridgehead atoms. The lowest BCUT2D eigenvalue weighted by atomic mass is 9.94. The zero-order valence-electron chi connectivity index (χ0n) is 9.69. The van der Waals surface area contributed by atoms with Gasteiger partial charge in [0.05, 0.1) is 0 Å². The number of hydrogen-bond acceptors (Lipinski definition) is 0. The van der Waals surface area contributed by atoms with Crippen molar-refractivity contribution in [1.82, 2.24) is 0 Å². The Morgan fingerprint density at radius 3 is 2.38 bits per heavy atom. The molecular weight excluding hydrogens is 192 g/mol. The van der Waals surface area contributed by atoms with E-state index in [0.29, 0.717) is 5.92 Å². The van der Waals surface area contributed by atoms with Crippen LogP contribution in [0.4, 0.5) is 0 Å². The highest BCUT2D eigenvalue weighted by Gasteiger charge is 2.04. The molecular formula is C16H17. The zero-order chi connectivity index (χ0) is 11.2. The summed E-state index contributed by atoms with van der Waals surface area (Å²) >= 11 is 0. The van der Waals surface area contributed by atoms with Gasteiger partial charge in [0, 0.05) is 0 Å². The van der Waals surface area contributed by atoms with Gasteiger partial charge < -0.3 is 0 Å². The van der Waals surface area contributed by atoms with E-state index in [1.165, 1.54) is 17.5 Å². The highest BCUT2D eigenvalue weighted by Crippen LogP contribution is 2.20. The van der Waals surface area contributed by atoms with E-state index in [4.69, 9.17) is 0 Å². The molecule has 16 heavy (non-hydrogen) atoms. The highest BCUT2D eigenvalue weighted by atomic mass is 14.1. The Kier molecular flexibility index (Phi) is 3.76. The quantitative estimate of drug-likeness (QED) is 0.707. The molecule has 0 aliphatic carbocycles. The molecule has 0 nitrogen and oxygen atoms in total. The van der Waals surface area contributed by atoms with Crippen molar-refractivity contribution < 1.29 is 0 Å². The summed E-state index contributed by atoms with van der Waals surface area (Å²) in [5.74, 6) is 0.630. The van der Waals surface area contributed by atoms with Gasteiger partial charge in [-0.1, -0.05) is 61.5 Å². The Labute approximate surface area is 97.9 Å².